The summed E-state index contributed by atoms with van der Waals surface area (Å²) in [5, 5.41) is 9.52. The van der Waals surface area contributed by atoms with E-state index >= 15 is 0 Å². The van der Waals surface area contributed by atoms with Gasteiger partial charge in [0, 0.05) is 24.4 Å². The Kier molecular flexibility index (Phi) is 3.91. The number of benzene rings is 1. The molecule has 1 heterocycles. The number of methoxy groups -OCH3 is 1. The maximum atomic E-state index is 12.1. The number of carbonyl (C=O) groups is 1. The molecule has 0 saturated carbocycles. The van der Waals surface area contributed by atoms with Crippen molar-refractivity contribution in [3.63, 3.8) is 0 Å². The topological polar surface area (TPSA) is 93.0 Å². The van der Waals surface area contributed by atoms with E-state index in [9.17, 15) is 4.79 Å². The molecular formula is C12H13ClN4O2. The molecule has 0 radical (unpaired) electrons. The molecule has 0 aliphatic heterocycles. The lowest BCUT2D eigenvalue weighted by molar-refractivity contribution is 0.0948. The molecule has 0 bridgehead atoms. The maximum Gasteiger partial charge on any atom is 0.255 e. The van der Waals surface area contributed by atoms with Gasteiger partial charge in [0.2, 0.25) is 0 Å². The number of amides is 1. The van der Waals surface area contributed by atoms with E-state index in [0.717, 1.165) is 5.56 Å². The minimum absolute atomic E-state index is 0.292. The van der Waals surface area contributed by atoms with Crippen molar-refractivity contribution in [2.24, 2.45) is 0 Å². The number of ether oxygens (including phenoxy) is 1. The largest absolute Gasteiger partial charge is 0.496 e. The molecule has 1 aromatic heterocycles. The summed E-state index contributed by atoms with van der Waals surface area (Å²) in [4.78, 5) is 12.1. The fraction of sp³-hybridized carbons (Fsp3) is 0.167. The van der Waals surface area contributed by atoms with E-state index in [-0.39, 0.29) is 5.91 Å². The van der Waals surface area contributed by atoms with Gasteiger partial charge in [0.1, 0.15) is 5.75 Å². The molecule has 0 spiro atoms. The zero-order valence-corrected chi connectivity index (χ0v) is 11.0. The Morgan fingerprint density at radius 3 is 3.00 bits per heavy atom. The third-order valence-electron chi connectivity index (χ3n) is 2.57. The molecule has 6 nitrogen and oxygen atoms in total. The van der Waals surface area contributed by atoms with Crippen molar-refractivity contribution in [2.45, 2.75) is 6.54 Å². The fourth-order valence-electron chi connectivity index (χ4n) is 1.57. The lowest BCUT2D eigenvalue weighted by Crippen LogP contribution is -2.23. The van der Waals surface area contributed by atoms with Gasteiger partial charge in [0.05, 0.1) is 29.6 Å². The van der Waals surface area contributed by atoms with Gasteiger partial charge in [-0.25, -0.2) is 0 Å². The number of carbonyl (C=O) groups excluding carboxylic acids is 1. The highest BCUT2D eigenvalue weighted by Gasteiger charge is 2.14. The SMILES string of the molecule is COc1cc(N)c(Cl)cc1C(=O)NCc1cn[nH]c1. The zero-order chi connectivity index (χ0) is 13.8. The van der Waals surface area contributed by atoms with Crippen LogP contribution in [-0.4, -0.2) is 23.2 Å². The van der Waals surface area contributed by atoms with Gasteiger partial charge in [-0.3, -0.25) is 9.89 Å². The molecule has 2 rings (SSSR count). The molecule has 19 heavy (non-hydrogen) atoms. The minimum atomic E-state index is -0.292. The molecule has 0 unspecified atom stereocenters. The zero-order valence-electron chi connectivity index (χ0n) is 10.2. The monoisotopic (exact) mass is 280 g/mol. The van der Waals surface area contributed by atoms with Gasteiger partial charge in [-0.1, -0.05) is 11.6 Å². The molecule has 2 aromatic rings. The normalized spacial score (nSPS) is 10.2. The molecule has 1 amide bonds. The number of halogens is 1. The van der Waals surface area contributed by atoms with Crippen molar-refractivity contribution in [1.29, 1.82) is 0 Å². The van der Waals surface area contributed by atoms with E-state index in [0.29, 0.717) is 28.6 Å². The van der Waals surface area contributed by atoms with Gasteiger partial charge in [-0.05, 0) is 6.07 Å². The third kappa shape index (κ3) is 2.97. The third-order valence-corrected chi connectivity index (χ3v) is 2.90. The number of nitrogens with zero attached hydrogens (tertiary/aromatic N) is 1. The second-order valence-corrected chi connectivity index (χ2v) is 4.27. The number of nitrogens with one attached hydrogen (secondary N) is 2. The molecular weight excluding hydrogens is 268 g/mol. The van der Waals surface area contributed by atoms with Crippen LogP contribution in [0.1, 0.15) is 15.9 Å². The highest BCUT2D eigenvalue weighted by molar-refractivity contribution is 6.33. The molecule has 0 fully saturated rings. The summed E-state index contributed by atoms with van der Waals surface area (Å²) in [7, 11) is 1.47. The summed E-state index contributed by atoms with van der Waals surface area (Å²) in [5.74, 6) is 0.0894. The lowest BCUT2D eigenvalue weighted by atomic mass is 10.1. The quantitative estimate of drug-likeness (QED) is 0.741. The number of hydrogen-bond donors (Lipinski definition) is 3. The van der Waals surface area contributed by atoms with Gasteiger partial charge in [0.25, 0.3) is 5.91 Å². The maximum absolute atomic E-state index is 12.1. The van der Waals surface area contributed by atoms with Crippen LogP contribution in [0.3, 0.4) is 0 Å². The molecule has 7 heteroatoms. The minimum Gasteiger partial charge on any atom is -0.496 e. The van der Waals surface area contributed by atoms with Gasteiger partial charge in [-0.15, -0.1) is 0 Å². The summed E-state index contributed by atoms with van der Waals surface area (Å²) < 4.78 is 5.12. The van der Waals surface area contributed by atoms with E-state index in [1.807, 2.05) is 0 Å². The van der Waals surface area contributed by atoms with Crippen LogP contribution >= 0.6 is 11.6 Å². The summed E-state index contributed by atoms with van der Waals surface area (Å²) in [6.07, 6.45) is 3.33. The number of nitrogen functional groups attached to an aromatic ring is 1. The molecule has 4 N–H and O–H groups in total. The number of hydrogen-bond acceptors (Lipinski definition) is 4. The first-order valence-electron chi connectivity index (χ1n) is 5.50. The van der Waals surface area contributed by atoms with E-state index in [1.165, 1.54) is 19.2 Å². The Balaban J connectivity index is 2.16. The van der Waals surface area contributed by atoms with Crippen molar-refractivity contribution in [2.75, 3.05) is 12.8 Å². The highest BCUT2D eigenvalue weighted by atomic mass is 35.5. The van der Waals surface area contributed by atoms with E-state index in [2.05, 4.69) is 15.5 Å². The van der Waals surface area contributed by atoms with Crippen LogP contribution in [0.5, 0.6) is 5.75 Å². The Morgan fingerprint density at radius 1 is 1.58 bits per heavy atom. The van der Waals surface area contributed by atoms with Crippen molar-refractivity contribution >= 4 is 23.2 Å². The lowest BCUT2D eigenvalue weighted by Gasteiger charge is -2.10. The van der Waals surface area contributed by atoms with E-state index in [1.54, 1.807) is 12.4 Å². The number of anilines is 1. The number of nitrogens with two attached hydrogens (primary N) is 1. The van der Waals surface area contributed by atoms with Crippen molar-refractivity contribution < 1.29 is 9.53 Å². The van der Waals surface area contributed by atoms with Gasteiger partial charge in [0.15, 0.2) is 0 Å². The van der Waals surface area contributed by atoms with Crippen LogP contribution in [0.4, 0.5) is 5.69 Å². The first-order chi connectivity index (χ1) is 9.11. The summed E-state index contributed by atoms with van der Waals surface area (Å²) in [6, 6.07) is 3.01. The average molecular weight is 281 g/mol. The molecule has 1 aromatic carbocycles. The molecule has 0 aliphatic carbocycles. The van der Waals surface area contributed by atoms with Crippen LogP contribution in [0.2, 0.25) is 5.02 Å². The van der Waals surface area contributed by atoms with Crippen molar-refractivity contribution in [1.82, 2.24) is 15.5 Å². The Bertz CT molecular complexity index is 584. The molecule has 0 aliphatic rings. The first-order valence-corrected chi connectivity index (χ1v) is 5.88. The second-order valence-electron chi connectivity index (χ2n) is 3.86. The molecule has 0 atom stereocenters. The Labute approximate surface area is 114 Å². The summed E-state index contributed by atoms with van der Waals surface area (Å²) >= 11 is 5.91. The van der Waals surface area contributed by atoms with Gasteiger partial charge in [-0.2, -0.15) is 5.10 Å². The van der Waals surface area contributed by atoms with Crippen molar-refractivity contribution in [3.8, 4) is 5.75 Å². The number of aromatic amines is 1. The summed E-state index contributed by atoms with van der Waals surface area (Å²) in [5.41, 5.74) is 7.23. The predicted octanol–water partition coefficient (Wildman–Crippen LogP) is 1.58. The van der Waals surface area contributed by atoms with Gasteiger partial charge < -0.3 is 15.8 Å². The van der Waals surface area contributed by atoms with E-state index < -0.39 is 0 Å². The van der Waals surface area contributed by atoms with Crippen LogP contribution in [-0.2, 0) is 6.54 Å². The fourth-order valence-corrected chi connectivity index (χ4v) is 1.73. The standard InChI is InChI=1S/C12H13ClN4O2/c1-19-11-3-10(14)9(13)2-8(11)12(18)15-4-7-5-16-17-6-7/h2-3,5-6H,4,14H2,1H3,(H,15,18)(H,16,17). The smallest absolute Gasteiger partial charge is 0.255 e. The highest BCUT2D eigenvalue weighted by Crippen LogP contribution is 2.28. The van der Waals surface area contributed by atoms with Crippen LogP contribution in [0.25, 0.3) is 0 Å². The predicted molar refractivity (Wildman–Crippen MR) is 72.2 cm³/mol. The van der Waals surface area contributed by atoms with Crippen LogP contribution in [0.15, 0.2) is 24.5 Å². The molecule has 100 valence electrons. The van der Waals surface area contributed by atoms with Crippen LogP contribution < -0.4 is 15.8 Å². The average Bonchev–Trinajstić information content (AvgIpc) is 2.91. The second kappa shape index (κ2) is 5.62. The first kappa shape index (κ1) is 13.2. The Hall–Kier alpha value is -2.21. The number of aromatic nitrogens is 2. The van der Waals surface area contributed by atoms with E-state index in [4.69, 9.17) is 22.1 Å². The molecule has 0 saturated heterocycles. The Morgan fingerprint density at radius 2 is 2.37 bits per heavy atom. The number of H-pyrrole nitrogens is 1. The number of rotatable bonds is 4. The van der Waals surface area contributed by atoms with Gasteiger partial charge >= 0.3 is 0 Å². The van der Waals surface area contributed by atoms with Crippen LogP contribution in [0, 0.1) is 0 Å². The summed E-state index contributed by atoms with van der Waals surface area (Å²) in [6.45, 7) is 0.362. The van der Waals surface area contributed by atoms with Crippen molar-refractivity contribution in [3.05, 3.63) is 40.7 Å².